The Labute approximate surface area is 110 Å². The summed E-state index contributed by atoms with van der Waals surface area (Å²) in [5.41, 5.74) is 6.87. The summed E-state index contributed by atoms with van der Waals surface area (Å²) >= 11 is 0. The summed E-state index contributed by atoms with van der Waals surface area (Å²) in [5.74, 6) is 0.435. The normalized spacial score (nSPS) is 10.1. The number of rotatable bonds is 5. The molecule has 0 aliphatic rings. The lowest BCUT2D eigenvalue weighted by Crippen LogP contribution is -2.02. The summed E-state index contributed by atoms with van der Waals surface area (Å²) in [4.78, 5) is 0. The van der Waals surface area contributed by atoms with Gasteiger partial charge in [-0.2, -0.15) is 5.26 Å². The second kappa shape index (κ2) is 5.89. The van der Waals surface area contributed by atoms with E-state index in [1.165, 1.54) is 4.68 Å². The number of aliphatic hydroxyl groups is 1. The molecule has 0 radical (unpaired) electrons. The van der Waals surface area contributed by atoms with Crippen LogP contribution in [0.1, 0.15) is 12.0 Å². The van der Waals surface area contributed by atoms with Gasteiger partial charge < -0.3 is 15.6 Å². The molecule has 1 aromatic carbocycles. The number of nitriles is 1. The summed E-state index contributed by atoms with van der Waals surface area (Å²) in [7, 11) is 0. The Balaban J connectivity index is 2.34. The summed E-state index contributed by atoms with van der Waals surface area (Å²) < 4.78 is 6.82. The third-order valence-electron chi connectivity index (χ3n) is 2.54. The highest BCUT2D eigenvalue weighted by molar-refractivity contribution is 5.58. The van der Waals surface area contributed by atoms with Crippen molar-refractivity contribution in [2.45, 2.75) is 6.42 Å². The minimum Gasteiger partial charge on any atom is -0.476 e. The number of nitrogens with two attached hydrogens (primary N) is 1. The van der Waals surface area contributed by atoms with Crippen molar-refractivity contribution < 1.29 is 9.84 Å². The van der Waals surface area contributed by atoms with E-state index in [0.717, 1.165) is 5.69 Å². The van der Waals surface area contributed by atoms with Crippen molar-refractivity contribution in [1.29, 1.82) is 5.26 Å². The molecular formula is C13H14N4O2. The number of aromatic nitrogens is 2. The van der Waals surface area contributed by atoms with Gasteiger partial charge in [-0.25, -0.2) is 4.68 Å². The molecule has 0 amide bonds. The van der Waals surface area contributed by atoms with E-state index in [-0.39, 0.29) is 30.5 Å². The lowest BCUT2D eigenvalue weighted by Gasteiger charge is -2.02. The Morgan fingerprint density at radius 3 is 2.74 bits per heavy atom. The number of hydrogen-bond donors (Lipinski definition) is 2. The van der Waals surface area contributed by atoms with Gasteiger partial charge in [0.2, 0.25) is 0 Å². The monoisotopic (exact) mass is 258 g/mol. The third-order valence-corrected chi connectivity index (χ3v) is 2.54. The first-order valence-corrected chi connectivity index (χ1v) is 5.85. The Morgan fingerprint density at radius 1 is 1.37 bits per heavy atom. The highest BCUT2D eigenvalue weighted by Crippen LogP contribution is 2.25. The Hall–Kier alpha value is -2.52. The molecule has 0 aliphatic heterocycles. The van der Waals surface area contributed by atoms with Gasteiger partial charge in [-0.05, 0) is 12.1 Å². The van der Waals surface area contributed by atoms with E-state index >= 15 is 0 Å². The van der Waals surface area contributed by atoms with E-state index in [1.54, 1.807) is 0 Å². The van der Waals surface area contributed by atoms with Crippen molar-refractivity contribution in [3.8, 4) is 17.6 Å². The van der Waals surface area contributed by atoms with Crippen molar-refractivity contribution in [2.24, 2.45) is 0 Å². The maximum atomic E-state index is 9.10. The molecule has 0 unspecified atom stereocenters. The molecular weight excluding hydrogens is 244 g/mol. The van der Waals surface area contributed by atoms with Crippen molar-refractivity contribution in [3.63, 3.8) is 0 Å². The van der Waals surface area contributed by atoms with Crippen molar-refractivity contribution in [2.75, 3.05) is 18.9 Å². The van der Waals surface area contributed by atoms with E-state index < -0.39 is 0 Å². The smallest absolute Gasteiger partial charge is 0.253 e. The fourth-order valence-corrected chi connectivity index (χ4v) is 1.62. The zero-order valence-corrected chi connectivity index (χ0v) is 10.3. The van der Waals surface area contributed by atoms with Crippen LogP contribution >= 0.6 is 0 Å². The van der Waals surface area contributed by atoms with Gasteiger partial charge in [0.1, 0.15) is 11.9 Å². The van der Waals surface area contributed by atoms with Crippen LogP contribution in [-0.4, -0.2) is 28.1 Å². The van der Waals surface area contributed by atoms with Gasteiger partial charge in [-0.15, -0.1) is 5.10 Å². The first-order valence-electron chi connectivity index (χ1n) is 5.85. The minimum absolute atomic E-state index is 0.0246. The van der Waals surface area contributed by atoms with Crippen molar-refractivity contribution in [1.82, 2.24) is 9.78 Å². The molecule has 0 saturated heterocycles. The molecule has 2 aromatic rings. The van der Waals surface area contributed by atoms with Gasteiger partial charge in [0.15, 0.2) is 5.56 Å². The summed E-state index contributed by atoms with van der Waals surface area (Å²) in [6.45, 7) is 0.313. The fraction of sp³-hybridized carbons (Fsp3) is 0.231. The minimum atomic E-state index is 0.0246. The predicted molar refractivity (Wildman–Crippen MR) is 69.9 cm³/mol. The average molecular weight is 258 g/mol. The van der Waals surface area contributed by atoms with Gasteiger partial charge in [0.05, 0.1) is 12.3 Å². The Kier molecular flexibility index (Phi) is 4.00. The van der Waals surface area contributed by atoms with Crippen LogP contribution in [0.2, 0.25) is 0 Å². The molecule has 19 heavy (non-hydrogen) atoms. The molecule has 98 valence electrons. The van der Waals surface area contributed by atoms with Gasteiger partial charge in [0.25, 0.3) is 5.88 Å². The third kappa shape index (κ3) is 2.67. The van der Waals surface area contributed by atoms with E-state index in [1.807, 2.05) is 36.4 Å². The molecule has 3 N–H and O–H groups in total. The maximum Gasteiger partial charge on any atom is 0.253 e. The first kappa shape index (κ1) is 12.9. The molecule has 2 rings (SSSR count). The van der Waals surface area contributed by atoms with Gasteiger partial charge >= 0.3 is 0 Å². The topological polar surface area (TPSA) is 97.1 Å². The largest absolute Gasteiger partial charge is 0.476 e. The molecule has 6 heteroatoms. The summed E-state index contributed by atoms with van der Waals surface area (Å²) in [6, 6.07) is 11.2. The Morgan fingerprint density at radius 2 is 2.11 bits per heavy atom. The van der Waals surface area contributed by atoms with Crippen LogP contribution in [0.4, 0.5) is 5.82 Å². The molecule has 0 aliphatic carbocycles. The van der Waals surface area contributed by atoms with Crippen LogP contribution in [0.15, 0.2) is 30.3 Å². The van der Waals surface area contributed by atoms with Crippen molar-refractivity contribution >= 4 is 5.82 Å². The predicted octanol–water partition coefficient (Wildman–Crippen LogP) is 1.09. The number of hydrogen-bond acceptors (Lipinski definition) is 5. The van der Waals surface area contributed by atoms with Crippen LogP contribution in [-0.2, 0) is 0 Å². The molecule has 0 fully saturated rings. The second-order valence-corrected chi connectivity index (χ2v) is 3.85. The summed E-state index contributed by atoms with van der Waals surface area (Å²) in [5, 5.41) is 22.0. The number of nitrogens with zero attached hydrogens (tertiary/aromatic N) is 3. The Bertz CT molecular complexity index is 587. The average Bonchev–Trinajstić information content (AvgIpc) is 2.76. The number of aliphatic hydroxyl groups excluding tert-OH is 1. The van der Waals surface area contributed by atoms with Crippen LogP contribution in [0.3, 0.4) is 0 Å². The lowest BCUT2D eigenvalue weighted by atomic mass is 10.3. The summed E-state index contributed by atoms with van der Waals surface area (Å²) in [6.07, 6.45) is 0.475. The number of ether oxygens (including phenoxy) is 1. The molecule has 0 spiro atoms. The van der Waals surface area contributed by atoms with E-state index in [4.69, 9.17) is 20.8 Å². The fourth-order valence-electron chi connectivity index (χ4n) is 1.62. The quantitative estimate of drug-likeness (QED) is 0.782. The number of anilines is 1. The number of para-hydroxylation sites is 1. The SMILES string of the molecule is N#Cc1c(OCCCO)nn(-c2ccccc2)c1N. The molecule has 0 saturated carbocycles. The van der Waals surface area contributed by atoms with Crippen LogP contribution in [0.5, 0.6) is 5.88 Å². The van der Waals surface area contributed by atoms with Gasteiger partial charge in [-0.3, -0.25) is 0 Å². The molecule has 6 nitrogen and oxygen atoms in total. The zero-order valence-electron chi connectivity index (χ0n) is 10.3. The van der Waals surface area contributed by atoms with Crippen LogP contribution < -0.4 is 10.5 Å². The first-order chi connectivity index (χ1) is 9.27. The molecule has 0 bridgehead atoms. The van der Waals surface area contributed by atoms with Crippen LogP contribution in [0, 0.1) is 11.3 Å². The number of benzene rings is 1. The van der Waals surface area contributed by atoms with Crippen LogP contribution in [0.25, 0.3) is 5.69 Å². The number of nitrogen functional groups attached to an aromatic ring is 1. The highest BCUT2D eigenvalue weighted by Gasteiger charge is 2.17. The van der Waals surface area contributed by atoms with Gasteiger partial charge in [0, 0.05) is 13.0 Å². The second-order valence-electron chi connectivity index (χ2n) is 3.85. The van der Waals surface area contributed by atoms with Crippen molar-refractivity contribution in [3.05, 3.63) is 35.9 Å². The van der Waals surface area contributed by atoms with Gasteiger partial charge in [-0.1, -0.05) is 18.2 Å². The molecule has 0 atom stereocenters. The molecule has 1 heterocycles. The standard InChI is InChI=1S/C13H14N4O2/c14-9-11-12(15)17(10-5-2-1-3-6-10)16-13(11)19-8-4-7-18/h1-3,5-6,18H,4,7-8,15H2. The van der Waals surface area contributed by atoms with E-state index in [2.05, 4.69) is 5.10 Å². The molecule has 1 aromatic heterocycles. The van der Waals surface area contributed by atoms with E-state index in [9.17, 15) is 0 Å². The maximum absolute atomic E-state index is 9.10. The lowest BCUT2D eigenvalue weighted by molar-refractivity contribution is 0.228. The van der Waals surface area contributed by atoms with E-state index in [0.29, 0.717) is 6.42 Å². The zero-order chi connectivity index (χ0) is 13.7. The highest BCUT2D eigenvalue weighted by atomic mass is 16.5.